The molecule has 0 radical (unpaired) electrons. The third-order valence-corrected chi connectivity index (χ3v) is 3.44. The zero-order valence-electron chi connectivity index (χ0n) is 12.8. The third-order valence-electron chi connectivity index (χ3n) is 3.44. The Morgan fingerprint density at radius 2 is 1.77 bits per heavy atom. The largest absolute Gasteiger partial charge is 0.494 e. The Hall–Kier alpha value is -2.36. The second-order valence-electron chi connectivity index (χ2n) is 5.12. The van der Waals surface area contributed by atoms with E-state index in [0.717, 1.165) is 11.3 Å². The van der Waals surface area contributed by atoms with Crippen LogP contribution in [0.3, 0.4) is 0 Å². The molecule has 0 fully saturated rings. The molecule has 0 aliphatic heterocycles. The number of hydrogen-bond donors (Lipinski definition) is 1. The van der Waals surface area contributed by atoms with Crippen LogP contribution in [0, 0.1) is 5.82 Å². The fourth-order valence-electron chi connectivity index (χ4n) is 2.13. The summed E-state index contributed by atoms with van der Waals surface area (Å²) in [6.45, 7) is 5.00. The summed E-state index contributed by atoms with van der Waals surface area (Å²) in [7, 11) is 0. The number of carbonyl (C=O) groups excluding carboxylic acids is 1. The summed E-state index contributed by atoms with van der Waals surface area (Å²) < 4.78 is 18.2. The van der Waals surface area contributed by atoms with Gasteiger partial charge in [-0.2, -0.15) is 0 Å². The molecule has 0 spiro atoms. The lowest BCUT2D eigenvalue weighted by molar-refractivity contribution is 0.0951. The molecule has 22 heavy (non-hydrogen) atoms. The Bertz CT molecular complexity index is 608. The van der Waals surface area contributed by atoms with E-state index < -0.39 is 0 Å². The van der Waals surface area contributed by atoms with E-state index in [4.69, 9.17) is 4.74 Å². The topological polar surface area (TPSA) is 38.3 Å². The molecule has 1 unspecified atom stereocenters. The fourth-order valence-corrected chi connectivity index (χ4v) is 2.13. The molecule has 1 N–H and O–H groups in total. The quantitative estimate of drug-likeness (QED) is 0.882. The van der Waals surface area contributed by atoms with Gasteiger partial charge in [0.2, 0.25) is 0 Å². The lowest BCUT2D eigenvalue weighted by Crippen LogP contribution is -2.27. The van der Waals surface area contributed by atoms with Gasteiger partial charge in [-0.15, -0.1) is 0 Å². The van der Waals surface area contributed by atoms with Crippen LogP contribution in [-0.2, 0) is 0 Å². The number of nitrogens with one attached hydrogen (secondary N) is 1. The zero-order chi connectivity index (χ0) is 15.9. The molecular weight excluding hydrogens is 281 g/mol. The highest BCUT2D eigenvalue weighted by atomic mass is 19.1. The first-order valence-corrected chi connectivity index (χ1v) is 7.36. The highest BCUT2D eigenvalue weighted by Crippen LogP contribution is 2.15. The van der Waals surface area contributed by atoms with E-state index in [2.05, 4.69) is 5.32 Å². The van der Waals surface area contributed by atoms with Crippen molar-refractivity contribution in [3.8, 4) is 5.75 Å². The number of rotatable bonds is 6. The van der Waals surface area contributed by atoms with Gasteiger partial charge >= 0.3 is 0 Å². The minimum absolute atomic E-state index is 0.118. The van der Waals surface area contributed by atoms with Gasteiger partial charge in [0, 0.05) is 12.1 Å². The van der Waals surface area contributed by atoms with E-state index in [0.29, 0.717) is 18.7 Å². The smallest absolute Gasteiger partial charge is 0.251 e. The number of benzene rings is 2. The monoisotopic (exact) mass is 301 g/mol. The molecule has 0 aliphatic rings. The molecule has 2 aromatic rings. The van der Waals surface area contributed by atoms with Gasteiger partial charge < -0.3 is 10.1 Å². The first kappa shape index (κ1) is 16.0. The predicted molar refractivity (Wildman–Crippen MR) is 84.8 cm³/mol. The highest BCUT2D eigenvalue weighted by molar-refractivity contribution is 5.94. The van der Waals surface area contributed by atoms with Gasteiger partial charge in [0.1, 0.15) is 11.6 Å². The van der Waals surface area contributed by atoms with Crippen LogP contribution in [0.25, 0.3) is 0 Å². The molecular formula is C18H20FNO2. The third kappa shape index (κ3) is 4.32. The van der Waals surface area contributed by atoms with Crippen LogP contribution in [0.2, 0.25) is 0 Å². The van der Waals surface area contributed by atoms with Crippen LogP contribution in [0.1, 0.15) is 35.7 Å². The van der Waals surface area contributed by atoms with Gasteiger partial charge in [-0.3, -0.25) is 4.79 Å². The van der Waals surface area contributed by atoms with Crippen molar-refractivity contribution in [2.75, 3.05) is 13.2 Å². The maximum Gasteiger partial charge on any atom is 0.251 e. The molecule has 0 heterocycles. The summed E-state index contributed by atoms with van der Waals surface area (Å²) in [5.41, 5.74) is 1.59. The molecule has 0 aliphatic carbocycles. The van der Waals surface area contributed by atoms with E-state index in [1.807, 2.05) is 13.8 Å². The Labute approximate surface area is 130 Å². The number of amides is 1. The van der Waals surface area contributed by atoms with Gasteiger partial charge in [-0.05, 0) is 54.8 Å². The lowest BCUT2D eigenvalue weighted by Gasteiger charge is -2.13. The number of ether oxygens (including phenoxy) is 1. The summed E-state index contributed by atoms with van der Waals surface area (Å²) in [4.78, 5) is 12.1. The van der Waals surface area contributed by atoms with Crippen LogP contribution >= 0.6 is 0 Å². The van der Waals surface area contributed by atoms with Crippen molar-refractivity contribution in [3.05, 3.63) is 65.5 Å². The average Bonchev–Trinajstić information content (AvgIpc) is 2.54. The van der Waals surface area contributed by atoms with Crippen molar-refractivity contribution in [2.24, 2.45) is 0 Å². The Morgan fingerprint density at radius 1 is 1.14 bits per heavy atom. The van der Waals surface area contributed by atoms with Crippen LogP contribution in [0.4, 0.5) is 4.39 Å². The molecule has 2 rings (SSSR count). The van der Waals surface area contributed by atoms with E-state index in [1.165, 1.54) is 12.1 Å². The summed E-state index contributed by atoms with van der Waals surface area (Å²) in [5, 5.41) is 2.89. The van der Waals surface area contributed by atoms with E-state index in [-0.39, 0.29) is 17.6 Å². The van der Waals surface area contributed by atoms with Crippen molar-refractivity contribution in [2.45, 2.75) is 19.8 Å². The van der Waals surface area contributed by atoms with E-state index in [9.17, 15) is 9.18 Å². The normalized spacial score (nSPS) is 11.8. The maximum atomic E-state index is 12.9. The molecule has 0 saturated carbocycles. The van der Waals surface area contributed by atoms with Gasteiger partial charge in [-0.1, -0.05) is 19.1 Å². The maximum absolute atomic E-state index is 12.9. The zero-order valence-corrected chi connectivity index (χ0v) is 12.8. The van der Waals surface area contributed by atoms with E-state index >= 15 is 0 Å². The molecule has 0 saturated heterocycles. The second kappa shape index (κ2) is 7.59. The van der Waals surface area contributed by atoms with Crippen molar-refractivity contribution in [1.82, 2.24) is 5.32 Å². The second-order valence-corrected chi connectivity index (χ2v) is 5.12. The van der Waals surface area contributed by atoms with Crippen molar-refractivity contribution < 1.29 is 13.9 Å². The Morgan fingerprint density at radius 3 is 2.36 bits per heavy atom. The molecule has 4 heteroatoms. The average molecular weight is 301 g/mol. The number of hydrogen-bond acceptors (Lipinski definition) is 2. The lowest BCUT2D eigenvalue weighted by atomic mass is 10.0. The summed E-state index contributed by atoms with van der Waals surface area (Å²) >= 11 is 0. The van der Waals surface area contributed by atoms with Crippen LogP contribution < -0.4 is 10.1 Å². The molecule has 0 bridgehead atoms. The van der Waals surface area contributed by atoms with Gasteiger partial charge in [0.05, 0.1) is 6.61 Å². The van der Waals surface area contributed by atoms with E-state index in [1.54, 1.807) is 36.4 Å². The predicted octanol–water partition coefficient (Wildman–Crippen LogP) is 3.76. The van der Waals surface area contributed by atoms with Crippen LogP contribution in [0.15, 0.2) is 48.5 Å². The Kier molecular flexibility index (Phi) is 5.53. The standard InChI is InChI=1S/C18H20FNO2/c1-3-22-17-10-6-15(7-11-17)18(21)20-12-13(2)14-4-8-16(19)9-5-14/h4-11,13H,3,12H2,1-2H3,(H,20,21). The molecule has 1 atom stereocenters. The first-order chi connectivity index (χ1) is 10.6. The molecule has 116 valence electrons. The summed E-state index contributed by atoms with van der Waals surface area (Å²) in [5.74, 6) is 0.484. The summed E-state index contributed by atoms with van der Waals surface area (Å²) in [6.07, 6.45) is 0. The minimum atomic E-state index is -0.255. The first-order valence-electron chi connectivity index (χ1n) is 7.36. The highest BCUT2D eigenvalue weighted by Gasteiger charge is 2.10. The van der Waals surface area contributed by atoms with Crippen molar-refractivity contribution in [1.29, 1.82) is 0 Å². The van der Waals surface area contributed by atoms with Crippen molar-refractivity contribution in [3.63, 3.8) is 0 Å². The van der Waals surface area contributed by atoms with Gasteiger partial charge in [0.15, 0.2) is 0 Å². The number of halogens is 1. The SMILES string of the molecule is CCOc1ccc(C(=O)NCC(C)c2ccc(F)cc2)cc1. The molecule has 3 nitrogen and oxygen atoms in total. The molecule has 2 aromatic carbocycles. The van der Waals surface area contributed by atoms with Gasteiger partial charge in [-0.25, -0.2) is 4.39 Å². The summed E-state index contributed by atoms with van der Waals surface area (Å²) in [6, 6.07) is 13.4. The molecule has 1 amide bonds. The number of carbonyl (C=O) groups is 1. The Balaban J connectivity index is 1.90. The van der Waals surface area contributed by atoms with Crippen LogP contribution in [0.5, 0.6) is 5.75 Å². The van der Waals surface area contributed by atoms with Crippen molar-refractivity contribution >= 4 is 5.91 Å². The molecule has 0 aromatic heterocycles. The van der Waals surface area contributed by atoms with Crippen LogP contribution in [-0.4, -0.2) is 19.1 Å². The fraction of sp³-hybridized carbons (Fsp3) is 0.278. The minimum Gasteiger partial charge on any atom is -0.494 e. The van der Waals surface area contributed by atoms with Gasteiger partial charge in [0.25, 0.3) is 5.91 Å².